The van der Waals surface area contributed by atoms with Crippen LogP contribution in [0.5, 0.6) is 5.75 Å². The maximum atomic E-state index is 11.3. The summed E-state index contributed by atoms with van der Waals surface area (Å²) in [6.07, 6.45) is 1.82. The largest absolute Gasteiger partial charge is 0.493 e. The molecule has 1 aromatic carbocycles. The molecule has 0 radical (unpaired) electrons. The van der Waals surface area contributed by atoms with Crippen molar-refractivity contribution < 1.29 is 14.6 Å². The van der Waals surface area contributed by atoms with Crippen LogP contribution in [0.3, 0.4) is 0 Å². The van der Waals surface area contributed by atoms with Gasteiger partial charge in [0.25, 0.3) is 0 Å². The van der Waals surface area contributed by atoms with Gasteiger partial charge < -0.3 is 15.2 Å². The molecule has 2 N–H and O–H groups in total. The molecule has 2 rings (SSSR count). The SMILES string of the molecule is O=C(O)C(COc1ccccc1)C1CCNCC1. The highest BCUT2D eigenvalue weighted by Crippen LogP contribution is 2.23. The second-order valence-electron chi connectivity index (χ2n) is 4.66. The van der Waals surface area contributed by atoms with E-state index in [2.05, 4.69) is 5.32 Å². The maximum absolute atomic E-state index is 11.3. The highest BCUT2D eigenvalue weighted by atomic mass is 16.5. The molecule has 0 spiro atoms. The Morgan fingerprint density at radius 3 is 2.61 bits per heavy atom. The van der Waals surface area contributed by atoms with Gasteiger partial charge in [0.1, 0.15) is 12.4 Å². The van der Waals surface area contributed by atoms with Gasteiger partial charge in [0.05, 0.1) is 5.92 Å². The summed E-state index contributed by atoms with van der Waals surface area (Å²) in [7, 11) is 0. The van der Waals surface area contributed by atoms with E-state index in [1.165, 1.54) is 0 Å². The van der Waals surface area contributed by atoms with Crippen molar-refractivity contribution in [2.24, 2.45) is 11.8 Å². The monoisotopic (exact) mass is 249 g/mol. The van der Waals surface area contributed by atoms with Gasteiger partial charge in [-0.15, -0.1) is 0 Å². The van der Waals surface area contributed by atoms with Crippen LogP contribution in [-0.2, 0) is 4.79 Å². The molecule has 0 aliphatic carbocycles. The zero-order chi connectivity index (χ0) is 12.8. The first-order valence-corrected chi connectivity index (χ1v) is 6.39. The molecule has 1 heterocycles. The van der Waals surface area contributed by atoms with Crippen molar-refractivity contribution in [2.75, 3.05) is 19.7 Å². The fraction of sp³-hybridized carbons (Fsp3) is 0.500. The molecule has 0 bridgehead atoms. The Kier molecular flexibility index (Phi) is 4.59. The van der Waals surface area contributed by atoms with Crippen molar-refractivity contribution in [3.8, 4) is 5.75 Å². The summed E-state index contributed by atoms with van der Waals surface area (Å²) < 4.78 is 5.58. The number of aliphatic carboxylic acids is 1. The van der Waals surface area contributed by atoms with Gasteiger partial charge in [-0.05, 0) is 44.0 Å². The molecule has 0 aromatic heterocycles. The third-order valence-corrected chi connectivity index (χ3v) is 3.44. The van der Waals surface area contributed by atoms with Gasteiger partial charge in [-0.25, -0.2) is 0 Å². The first-order valence-electron chi connectivity index (χ1n) is 6.39. The lowest BCUT2D eigenvalue weighted by Crippen LogP contribution is -2.37. The summed E-state index contributed by atoms with van der Waals surface area (Å²) in [5.41, 5.74) is 0. The molecular formula is C14H19NO3. The smallest absolute Gasteiger partial charge is 0.310 e. The standard InChI is InChI=1S/C14H19NO3/c16-14(17)13(11-6-8-15-9-7-11)10-18-12-4-2-1-3-5-12/h1-5,11,13,15H,6-10H2,(H,16,17). The van der Waals surface area contributed by atoms with Crippen LogP contribution >= 0.6 is 0 Å². The van der Waals surface area contributed by atoms with Crippen LogP contribution in [0.1, 0.15) is 12.8 Å². The lowest BCUT2D eigenvalue weighted by atomic mass is 9.85. The number of carboxylic acid groups (broad SMARTS) is 1. The summed E-state index contributed by atoms with van der Waals surface area (Å²) in [6, 6.07) is 9.38. The molecule has 1 saturated heterocycles. The van der Waals surface area contributed by atoms with Crippen LogP contribution in [-0.4, -0.2) is 30.8 Å². The van der Waals surface area contributed by atoms with E-state index in [-0.39, 0.29) is 12.5 Å². The molecule has 0 saturated carbocycles. The molecular weight excluding hydrogens is 230 g/mol. The number of nitrogens with one attached hydrogen (secondary N) is 1. The number of hydrogen-bond acceptors (Lipinski definition) is 3. The van der Waals surface area contributed by atoms with Crippen molar-refractivity contribution in [3.63, 3.8) is 0 Å². The number of carbonyl (C=O) groups is 1. The molecule has 1 aromatic rings. The molecule has 1 fully saturated rings. The molecule has 1 unspecified atom stereocenters. The topological polar surface area (TPSA) is 58.6 Å². The van der Waals surface area contributed by atoms with Crippen LogP contribution in [0.15, 0.2) is 30.3 Å². The Hall–Kier alpha value is -1.55. The van der Waals surface area contributed by atoms with Crippen molar-refractivity contribution in [3.05, 3.63) is 30.3 Å². The average Bonchev–Trinajstić information content (AvgIpc) is 2.41. The minimum Gasteiger partial charge on any atom is -0.493 e. The third kappa shape index (κ3) is 3.47. The van der Waals surface area contributed by atoms with Gasteiger partial charge in [0.15, 0.2) is 0 Å². The van der Waals surface area contributed by atoms with E-state index in [1.54, 1.807) is 0 Å². The molecule has 18 heavy (non-hydrogen) atoms. The third-order valence-electron chi connectivity index (χ3n) is 3.44. The Labute approximate surface area is 107 Å². The van der Waals surface area contributed by atoms with Gasteiger partial charge in [-0.1, -0.05) is 18.2 Å². The van der Waals surface area contributed by atoms with Gasteiger partial charge >= 0.3 is 5.97 Å². The molecule has 1 atom stereocenters. The number of piperidine rings is 1. The molecule has 4 heteroatoms. The second kappa shape index (κ2) is 6.40. The molecule has 1 aliphatic heterocycles. The van der Waals surface area contributed by atoms with Crippen molar-refractivity contribution >= 4 is 5.97 Å². The van der Waals surface area contributed by atoms with Crippen LogP contribution in [0.4, 0.5) is 0 Å². The normalized spacial score (nSPS) is 18.2. The van der Waals surface area contributed by atoms with Crippen molar-refractivity contribution in [1.82, 2.24) is 5.32 Å². The van der Waals surface area contributed by atoms with Crippen LogP contribution in [0.2, 0.25) is 0 Å². The number of para-hydroxylation sites is 1. The first-order chi connectivity index (χ1) is 8.77. The summed E-state index contributed by atoms with van der Waals surface area (Å²) in [5, 5.41) is 12.6. The van der Waals surface area contributed by atoms with Crippen molar-refractivity contribution in [2.45, 2.75) is 12.8 Å². The van der Waals surface area contributed by atoms with Gasteiger partial charge in [-0.3, -0.25) is 4.79 Å². The van der Waals surface area contributed by atoms with E-state index in [4.69, 9.17) is 4.74 Å². The molecule has 0 amide bonds. The van der Waals surface area contributed by atoms with E-state index in [0.29, 0.717) is 0 Å². The molecule has 98 valence electrons. The Balaban J connectivity index is 1.92. The fourth-order valence-electron chi connectivity index (χ4n) is 2.36. The number of hydrogen-bond donors (Lipinski definition) is 2. The Morgan fingerprint density at radius 2 is 2.00 bits per heavy atom. The van der Waals surface area contributed by atoms with E-state index in [0.717, 1.165) is 31.7 Å². The summed E-state index contributed by atoms with van der Waals surface area (Å²) in [6.45, 7) is 2.06. The van der Waals surface area contributed by atoms with Gasteiger partial charge in [0, 0.05) is 0 Å². The quantitative estimate of drug-likeness (QED) is 0.835. The summed E-state index contributed by atoms with van der Waals surface area (Å²) in [5.74, 6) is -0.213. The minimum atomic E-state index is -0.752. The van der Waals surface area contributed by atoms with E-state index in [1.807, 2.05) is 30.3 Å². The van der Waals surface area contributed by atoms with E-state index < -0.39 is 11.9 Å². The Morgan fingerprint density at radius 1 is 1.33 bits per heavy atom. The maximum Gasteiger partial charge on any atom is 0.310 e. The van der Waals surface area contributed by atoms with Gasteiger partial charge in [0.2, 0.25) is 0 Å². The zero-order valence-corrected chi connectivity index (χ0v) is 10.3. The number of ether oxygens (including phenoxy) is 1. The average molecular weight is 249 g/mol. The summed E-state index contributed by atoms with van der Waals surface area (Å²) in [4.78, 5) is 11.3. The lowest BCUT2D eigenvalue weighted by Gasteiger charge is -2.27. The molecule has 4 nitrogen and oxygen atoms in total. The molecule has 1 aliphatic rings. The van der Waals surface area contributed by atoms with Crippen LogP contribution in [0, 0.1) is 11.8 Å². The second-order valence-corrected chi connectivity index (χ2v) is 4.66. The van der Waals surface area contributed by atoms with Crippen molar-refractivity contribution in [1.29, 1.82) is 0 Å². The fourth-order valence-corrected chi connectivity index (χ4v) is 2.36. The number of carboxylic acids is 1. The zero-order valence-electron chi connectivity index (χ0n) is 10.3. The number of benzene rings is 1. The highest BCUT2D eigenvalue weighted by molar-refractivity contribution is 5.70. The first kappa shape index (κ1) is 12.9. The van der Waals surface area contributed by atoms with E-state index >= 15 is 0 Å². The predicted octanol–water partition coefficient (Wildman–Crippen LogP) is 1.77. The van der Waals surface area contributed by atoms with Gasteiger partial charge in [-0.2, -0.15) is 0 Å². The highest BCUT2D eigenvalue weighted by Gasteiger charge is 2.29. The van der Waals surface area contributed by atoms with E-state index in [9.17, 15) is 9.90 Å². The number of rotatable bonds is 5. The predicted molar refractivity (Wildman–Crippen MR) is 68.7 cm³/mol. The van der Waals surface area contributed by atoms with Crippen LogP contribution in [0.25, 0.3) is 0 Å². The van der Waals surface area contributed by atoms with Crippen LogP contribution < -0.4 is 10.1 Å². The lowest BCUT2D eigenvalue weighted by molar-refractivity contribution is -0.145. The minimum absolute atomic E-state index is 0.215. The Bertz CT molecular complexity index is 374. The summed E-state index contributed by atoms with van der Waals surface area (Å²) >= 11 is 0.